The monoisotopic (exact) mass is 384 g/mol. The molecular formula is C23H32N2O3. The van der Waals surface area contributed by atoms with Gasteiger partial charge in [-0.15, -0.1) is 0 Å². The van der Waals surface area contributed by atoms with E-state index in [0.717, 1.165) is 57.4 Å². The maximum atomic E-state index is 12.8. The van der Waals surface area contributed by atoms with E-state index in [2.05, 4.69) is 10.2 Å². The van der Waals surface area contributed by atoms with Crippen molar-refractivity contribution in [1.82, 2.24) is 10.2 Å². The van der Waals surface area contributed by atoms with E-state index in [0.29, 0.717) is 30.0 Å². The van der Waals surface area contributed by atoms with Gasteiger partial charge in [0.2, 0.25) is 5.91 Å². The van der Waals surface area contributed by atoms with Gasteiger partial charge in [-0.3, -0.25) is 9.59 Å². The quantitative estimate of drug-likeness (QED) is 0.812. The molecule has 3 aliphatic rings. The van der Waals surface area contributed by atoms with E-state index in [1.807, 2.05) is 24.3 Å². The number of rotatable bonds is 6. The average Bonchev–Trinajstić information content (AvgIpc) is 3.57. The first-order valence-corrected chi connectivity index (χ1v) is 11.0. The average molecular weight is 385 g/mol. The van der Waals surface area contributed by atoms with E-state index in [1.54, 1.807) is 0 Å². The molecule has 2 amide bonds. The summed E-state index contributed by atoms with van der Waals surface area (Å²) >= 11 is 0. The predicted octanol–water partition coefficient (Wildman–Crippen LogP) is 3.78. The number of ether oxygens (including phenoxy) is 1. The third kappa shape index (κ3) is 5.06. The zero-order valence-electron chi connectivity index (χ0n) is 16.7. The minimum Gasteiger partial charge on any atom is -0.493 e. The van der Waals surface area contributed by atoms with E-state index in [4.69, 9.17) is 4.74 Å². The van der Waals surface area contributed by atoms with Crippen LogP contribution in [-0.4, -0.2) is 42.5 Å². The molecule has 1 aliphatic heterocycles. The summed E-state index contributed by atoms with van der Waals surface area (Å²) in [5.41, 5.74) is 0.655. The van der Waals surface area contributed by atoms with Crippen molar-refractivity contribution in [2.24, 2.45) is 11.8 Å². The van der Waals surface area contributed by atoms with E-state index in [-0.39, 0.29) is 11.8 Å². The molecule has 2 aliphatic carbocycles. The van der Waals surface area contributed by atoms with Crippen LogP contribution in [0.1, 0.15) is 68.1 Å². The molecule has 0 aromatic heterocycles. The van der Waals surface area contributed by atoms with Crippen LogP contribution >= 0.6 is 0 Å². The normalized spacial score (nSPS) is 23.3. The maximum absolute atomic E-state index is 12.8. The van der Waals surface area contributed by atoms with Crippen LogP contribution in [0.5, 0.6) is 5.75 Å². The Morgan fingerprint density at radius 3 is 2.64 bits per heavy atom. The van der Waals surface area contributed by atoms with Gasteiger partial charge in [0, 0.05) is 36.5 Å². The van der Waals surface area contributed by atoms with Crippen LogP contribution in [0.25, 0.3) is 0 Å². The fraction of sp³-hybridized carbons (Fsp3) is 0.652. The second-order valence-electron chi connectivity index (χ2n) is 8.71. The first-order valence-electron chi connectivity index (χ1n) is 11.0. The van der Waals surface area contributed by atoms with Gasteiger partial charge in [0.15, 0.2) is 0 Å². The smallest absolute Gasteiger partial charge is 0.251 e. The molecule has 152 valence electrons. The molecule has 28 heavy (non-hydrogen) atoms. The molecule has 1 aromatic rings. The minimum atomic E-state index is -0.0186. The molecule has 1 atom stereocenters. The van der Waals surface area contributed by atoms with Crippen LogP contribution in [0, 0.1) is 11.8 Å². The summed E-state index contributed by atoms with van der Waals surface area (Å²) in [6, 6.07) is 7.78. The Bertz CT molecular complexity index is 695. The zero-order chi connectivity index (χ0) is 19.3. The Balaban J connectivity index is 1.28. The second-order valence-corrected chi connectivity index (χ2v) is 8.71. The van der Waals surface area contributed by atoms with Gasteiger partial charge in [0.25, 0.3) is 5.91 Å². The van der Waals surface area contributed by atoms with Crippen molar-refractivity contribution in [2.45, 2.75) is 63.8 Å². The minimum absolute atomic E-state index is 0.0186. The van der Waals surface area contributed by atoms with Crippen LogP contribution in [-0.2, 0) is 4.79 Å². The van der Waals surface area contributed by atoms with E-state index in [1.165, 1.54) is 19.3 Å². The molecule has 5 heteroatoms. The Morgan fingerprint density at radius 1 is 1.04 bits per heavy atom. The fourth-order valence-corrected chi connectivity index (χ4v) is 4.45. The number of likely N-dealkylation sites (tertiary alicyclic amines) is 1. The number of amides is 2. The largest absolute Gasteiger partial charge is 0.493 e. The highest BCUT2D eigenvalue weighted by atomic mass is 16.5. The van der Waals surface area contributed by atoms with Crippen LogP contribution in [0.2, 0.25) is 0 Å². The number of nitrogens with zero attached hydrogens (tertiary/aromatic N) is 1. The lowest BCUT2D eigenvalue weighted by atomic mass is 9.87. The van der Waals surface area contributed by atoms with Crippen molar-refractivity contribution in [3.63, 3.8) is 0 Å². The van der Waals surface area contributed by atoms with Gasteiger partial charge in [-0.1, -0.05) is 25.3 Å². The van der Waals surface area contributed by atoms with E-state index in [9.17, 15) is 9.59 Å². The maximum Gasteiger partial charge on any atom is 0.251 e. The molecule has 1 heterocycles. The Morgan fingerprint density at radius 2 is 1.86 bits per heavy atom. The van der Waals surface area contributed by atoms with Gasteiger partial charge in [-0.2, -0.15) is 0 Å². The number of piperidine rings is 1. The van der Waals surface area contributed by atoms with Crippen molar-refractivity contribution in [3.8, 4) is 5.75 Å². The number of carbonyl (C=O) groups is 2. The van der Waals surface area contributed by atoms with Crippen molar-refractivity contribution < 1.29 is 14.3 Å². The summed E-state index contributed by atoms with van der Waals surface area (Å²) in [4.78, 5) is 27.1. The van der Waals surface area contributed by atoms with Gasteiger partial charge < -0.3 is 15.0 Å². The molecule has 1 N–H and O–H groups in total. The van der Waals surface area contributed by atoms with E-state index >= 15 is 0 Å². The third-order valence-electron chi connectivity index (χ3n) is 6.28. The predicted molar refractivity (Wildman–Crippen MR) is 108 cm³/mol. The molecule has 0 radical (unpaired) electrons. The van der Waals surface area contributed by atoms with Gasteiger partial charge in [0.05, 0.1) is 6.61 Å². The van der Waals surface area contributed by atoms with Crippen molar-refractivity contribution >= 4 is 11.8 Å². The first kappa shape index (κ1) is 19.3. The molecule has 3 fully saturated rings. The van der Waals surface area contributed by atoms with Gasteiger partial charge >= 0.3 is 0 Å². The molecule has 5 nitrogen and oxygen atoms in total. The number of nitrogens with one attached hydrogen (secondary N) is 1. The molecule has 4 rings (SSSR count). The molecule has 0 unspecified atom stereocenters. The van der Waals surface area contributed by atoms with E-state index < -0.39 is 0 Å². The van der Waals surface area contributed by atoms with Crippen molar-refractivity contribution in [3.05, 3.63) is 29.8 Å². The molecule has 1 aromatic carbocycles. The van der Waals surface area contributed by atoms with Crippen LogP contribution in [0.15, 0.2) is 24.3 Å². The van der Waals surface area contributed by atoms with Crippen LogP contribution in [0.3, 0.4) is 0 Å². The second kappa shape index (κ2) is 8.97. The number of benzene rings is 1. The zero-order valence-corrected chi connectivity index (χ0v) is 16.7. The number of hydrogen-bond acceptors (Lipinski definition) is 3. The molecule has 0 bridgehead atoms. The van der Waals surface area contributed by atoms with Crippen molar-refractivity contribution in [1.29, 1.82) is 0 Å². The molecule has 0 spiro atoms. The fourth-order valence-electron chi connectivity index (χ4n) is 4.45. The highest BCUT2D eigenvalue weighted by Crippen LogP contribution is 2.28. The lowest BCUT2D eigenvalue weighted by Gasteiger charge is -2.35. The lowest BCUT2D eigenvalue weighted by Crippen LogP contribution is -2.44. The van der Waals surface area contributed by atoms with Crippen LogP contribution < -0.4 is 10.1 Å². The number of carbonyl (C=O) groups excluding carboxylic acids is 2. The lowest BCUT2D eigenvalue weighted by molar-refractivity contribution is -0.138. The Hall–Kier alpha value is -2.04. The molecule has 1 saturated heterocycles. The highest BCUT2D eigenvalue weighted by molar-refractivity contribution is 5.94. The first-order chi connectivity index (χ1) is 13.7. The summed E-state index contributed by atoms with van der Waals surface area (Å²) in [5, 5.41) is 3.01. The SMILES string of the molecule is O=C(NC1CC1)c1cccc(OC[C@H]2CCCN(C(=O)C3CCCCC3)C2)c1. The summed E-state index contributed by atoms with van der Waals surface area (Å²) < 4.78 is 6.01. The molecular weight excluding hydrogens is 352 g/mol. The summed E-state index contributed by atoms with van der Waals surface area (Å²) in [6.45, 7) is 2.29. The van der Waals surface area contributed by atoms with Gasteiger partial charge in [0.1, 0.15) is 5.75 Å². The summed E-state index contributed by atoms with van der Waals surface area (Å²) in [7, 11) is 0. The summed E-state index contributed by atoms with van der Waals surface area (Å²) in [6.07, 6.45) is 10.1. The standard InChI is InChI=1S/C23H32N2O3/c26-22(24-20-11-12-20)19-9-4-10-21(14-19)28-16-17-6-5-13-25(15-17)23(27)18-7-2-1-3-8-18/h4,9-10,14,17-18,20H,1-3,5-8,11-13,15-16H2,(H,24,26)/t17-/m0/s1. The number of hydrogen-bond donors (Lipinski definition) is 1. The Labute approximate surface area is 167 Å². The summed E-state index contributed by atoms with van der Waals surface area (Å²) in [5.74, 6) is 1.69. The van der Waals surface area contributed by atoms with Gasteiger partial charge in [-0.05, 0) is 56.7 Å². The third-order valence-corrected chi connectivity index (χ3v) is 6.28. The topological polar surface area (TPSA) is 58.6 Å². The Kier molecular flexibility index (Phi) is 6.18. The van der Waals surface area contributed by atoms with Gasteiger partial charge in [-0.25, -0.2) is 0 Å². The highest BCUT2D eigenvalue weighted by Gasteiger charge is 2.30. The molecule has 2 saturated carbocycles. The van der Waals surface area contributed by atoms with Crippen LogP contribution in [0.4, 0.5) is 0 Å². The van der Waals surface area contributed by atoms with Crippen molar-refractivity contribution in [2.75, 3.05) is 19.7 Å².